The van der Waals surface area contributed by atoms with Crippen LogP contribution in [-0.2, 0) is 6.18 Å². The Bertz CT molecular complexity index is 1120. The number of nitrogen functional groups attached to an aromatic ring is 1. The van der Waals surface area contributed by atoms with Crippen molar-refractivity contribution in [2.24, 2.45) is 0 Å². The number of benzene rings is 2. The number of amides is 1. The van der Waals surface area contributed by atoms with Crippen LogP contribution < -0.4 is 11.1 Å². The normalized spacial score (nSPS) is 10.8. The highest BCUT2D eigenvalue weighted by Gasteiger charge is 2.31. The highest BCUT2D eigenvalue weighted by atomic mass is 19.4. The van der Waals surface area contributed by atoms with Crippen LogP contribution in [0.2, 0.25) is 0 Å². The molecule has 2 aromatic carbocycles. The van der Waals surface area contributed by atoms with Gasteiger partial charge in [0, 0.05) is 23.6 Å². The van der Waals surface area contributed by atoms with Crippen molar-refractivity contribution in [3.63, 3.8) is 0 Å². The minimum absolute atomic E-state index is 0.113. The molecule has 1 aromatic heterocycles. The van der Waals surface area contributed by atoms with Crippen LogP contribution in [0.3, 0.4) is 0 Å². The van der Waals surface area contributed by atoms with Crippen LogP contribution in [0.1, 0.15) is 27.0 Å². The maximum Gasteiger partial charge on any atom is 0.416 e. The molecule has 0 saturated carbocycles. The number of nitrogens with two attached hydrogens (primary N) is 1. The van der Waals surface area contributed by atoms with Gasteiger partial charge < -0.3 is 11.1 Å². The molecule has 0 fully saturated rings. The van der Waals surface area contributed by atoms with E-state index < -0.39 is 29.0 Å². The number of carbonyl (C=O) groups is 1. The third-order valence-electron chi connectivity index (χ3n) is 3.68. The first-order valence-electron chi connectivity index (χ1n) is 8.10. The van der Waals surface area contributed by atoms with E-state index in [1.807, 2.05) is 0 Å². The van der Waals surface area contributed by atoms with Gasteiger partial charge in [-0.2, -0.15) is 13.2 Å². The largest absolute Gasteiger partial charge is 0.416 e. The summed E-state index contributed by atoms with van der Waals surface area (Å²) in [4.78, 5) is 19.9. The van der Waals surface area contributed by atoms with Gasteiger partial charge in [-0.3, -0.25) is 4.79 Å². The summed E-state index contributed by atoms with van der Waals surface area (Å²) in [7, 11) is 0. The minimum atomic E-state index is -4.69. The molecule has 0 aliphatic rings. The molecule has 5 nitrogen and oxygen atoms in total. The summed E-state index contributed by atoms with van der Waals surface area (Å²) in [5.74, 6) is 3.68. The first-order chi connectivity index (χ1) is 13.7. The van der Waals surface area contributed by atoms with E-state index in [1.165, 1.54) is 24.5 Å². The van der Waals surface area contributed by atoms with Gasteiger partial charge in [0.1, 0.15) is 5.82 Å². The second-order valence-corrected chi connectivity index (χ2v) is 5.81. The topological polar surface area (TPSA) is 80.9 Å². The number of rotatable bonds is 2. The zero-order valence-electron chi connectivity index (χ0n) is 14.6. The fourth-order valence-corrected chi connectivity index (χ4v) is 2.30. The molecular formula is C20H12F4N4O. The standard InChI is InChI=1S/C20H12F4N4O/c21-17-7-6-14(20(22,23)24)9-16(17)18(29)28-15-3-1-2-12(8-15)4-5-13-10-26-19(25)27-11-13/h1-3,6-11H,(H,28,29)(H2,25,26,27). The Hall–Kier alpha value is -3.93. The lowest BCUT2D eigenvalue weighted by molar-refractivity contribution is -0.137. The molecule has 0 atom stereocenters. The summed E-state index contributed by atoms with van der Waals surface area (Å²) in [5.41, 5.74) is 4.82. The average molecular weight is 400 g/mol. The van der Waals surface area contributed by atoms with Gasteiger partial charge in [-0.25, -0.2) is 14.4 Å². The molecule has 3 rings (SSSR count). The monoisotopic (exact) mass is 400 g/mol. The summed E-state index contributed by atoms with van der Waals surface area (Å²) < 4.78 is 52.3. The summed E-state index contributed by atoms with van der Waals surface area (Å²) in [5, 5.41) is 2.37. The van der Waals surface area contributed by atoms with Gasteiger partial charge in [0.15, 0.2) is 0 Å². The molecule has 0 radical (unpaired) electrons. The van der Waals surface area contributed by atoms with Crippen molar-refractivity contribution in [3.8, 4) is 11.8 Å². The minimum Gasteiger partial charge on any atom is -0.368 e. The Morgan fingerprint density at radius 3 is 2.38 bits per heavy atom. The maximum atomic E-state index is 13.9. The molecule has 1 heterocycles. The number of nitrogens with zero attached hydrogens (tertiary/aromatic N) is 2. The maximum absolute atomic E-state index is 13.9. The number of aromatic nitrogens is 2. The highest BCUT2D eigenvalue weighted by molar-refractivity contribution is 6.04. The number of anilines is 2. The Morgan fingerprint density at radius 1 is 1.00 bits per heavy atom. The van der Waals surface area contributed by atoms with E-state index in [-0.39, 0.29) is 11.6 Å². The van der Waals surface area contributed by atoms with Crippen LogP contribution in [0.5, 0.6) is 0 Å². The Labute approximate surface area is 162 Å². The predicted molar refractivity (Wildman–Crippen MR) is 98.2 cm³/mol. The van der Waals surface area contributed by atoms with Gasteiger partial charge in [0.25, 0.3) is 5.91 Å². The number of carbonyl (C=O) groups excluding carboxylic acids is 1. The zero-order valence-corrected chi connectivity index (χ0v) is 14.6. The third-order valence-corrected chi connectivity index (χ3v) is 3.68. The first kappa shape index (κ1) is 19.8. The van der Waals surface area contributed by atoms with Gasteiger partial charge in [0.2, 0.25) is 5.95 Å². The third kappa shape index (κ3) is 5.07. The number of alkyl halides is 3. The van der Waals surface area contributed by atoms with E-state index in [1.54, 1.807) is 12.1 Å². The van der Waals surface area contributed by atoms with E-state index in [9.17, 15) is 22.4 Å². The highest BCUT2D eigenvalue weighted by Crippen LogP contribution is 2.30. The summed E-state index contributed by atoms with van der Waals surface area (Å²) in [6.07, 6.45) is -1.81. The SMILES string of the molecule is Nc1ncc(C#Cc2cccc(NC(=O)c3cc(C(F)(F)F)ccc3F)c2)cn1. The van der Waals surface area contributed by atoms with Crippen LogP contribution in [0, 0.1) is 17.7 Å². The van der Waals surface area contributed by atoms with E-state index in [0.717, 1.165) is 0 Å². The molecule has 146 valence electrons. The van der Waals surface area contributed by atoms with Crippen LogP contribution in [0.15, 0.2) is 54.9 Å². The van der Waals surface area contributed by atoms with Crippen LogP contribution in [-0.4, -0.2) is 15.9 Å². The molecule has 0 aliphatic carbocycles. The predicted octanol–water partition coefficient (Wildman–Crippen LogP) is 3.87. The zero-order chi connectivity index (χ0) is 21.0. The van der Waals surface area contributed by atoms with Crippen molar-refractivity contribution < 1.29 is 22.4 Å². The van der Waals surface area contributed by atoms with Gasteiger partial charge in [-0.1, -0.05) is 17.9 Å². The average Bonchev–Trinajstić information content (AvgIpc) is 2.67. The molecule has 0 spiro atoms. The summed E-state index contributed by atoms with van der Waals surface area (Å²) in [6.45, 7) is 0. The van der Waals surface area contributed by atoms with E-state index >= 15 is 0 Å². The Morgan fingerprint density at radius 2 is 1.69 bits per heavy atom. The first-order valence-corrected chi connectivity index (χ1v) is 8.10. The van der Waals surface area contributed by atoms with E-state index in [0.29, 0.717) is 29.3 Å². The van der Waals surface area contributed by atoms with Crippen LogP contribution in [0.4, 0.5) is 29.2 Å². The molecule has 0 unspecified atom stereocenters. The van der Waals surface area contributed by atoms with Gasteiger partial charge >= 0.3 is 6.18 Å². The van der Waals surface area contributed by atoms with E-state index in [2.05, 4.69) is 27.1 Å². The van der Waals surface area contributed by atoms with Gasteiger partial charge in [-0.05, 0) is 36.4 Å². The second-order valence-electron chi connectivity index (χ2n) is 5.81. The number of hydrogen-bond donors (Lipinski definition) is 2. The fraction of sp³-hybridized carbons (Fsp3) is 0.0500. The van der Waals surface area contributed by atoms with Crippen molar-refractivity contribution in [1.29, 1.82) is 0 Å². The Kier molecular flexibility index (Phi) is 5.45. The van der Waals surface area contributed by atoms with Crippen molar-refractivity contribution in [2.75, 3.05) is 11.1 Å². The number of nitrogens with one attached hydrogen (secondary N) is 1. The van der Waals surface area contributed by atoms with Gasteiger partial charge in [-0.15, -0.1) is 0 Å². The van der Waals surface area contributed by atoms with Crippen molar-refractivity contribution in [1.82, 2.24) is 9.97 Å². The Balaban J connectivity index is 1.80. The van der Waals surface area contributed by atoms with E-state index in [4.69, 9.17) is 5.73 Å². The van der Waals surface area contributed by atoms with Crippen LogP contribution in [0.25, 0.3) is 0 Å². The lowest BCUT2D eigenvalue weighted by atomic mass is 10.1. The molecule has 1 amide bonds. The fourth-order valence-electron chi connectivity index (χ4n) is 2.30. The van der Waals surface area contributed by atoms with Crippen molar-refractivity contribution in [3.05, 3.63) is 82.9 Å². The lowest BCUT2D eigenvalue weighted by Gasteiger charge is -2.10. The molecule has 29 heavy (non-hydrogen) atoms. The molecule has 0 saturated heterocycles. The molecule has 0 bridgehead atoms. The quantitative estimate of drug-likeness (QED) is 0.506. The second kappa shape index (κ2) is 7.98. The molecular weight excluding hydrogens is 388 g/mol. The number of halogens is 4. The van der Waals surface area contributed by atoms with Gasteiger partial charge in [0.05, 0.1) is 16.7 Å². The van der Waals surface area contributed by atoms with Crippen molar-refractivity contribution in [2.45, 2.75) is 6.18 Å². The lowest BCUT2D eigenvalue weighted by Crippen LogP contribution is -2.16. The summed E-state index contributed by atoms with van der Waals surface area (Å²) >= 11 is 0. The van der Waals surface area contributed by atoms with Crippen molar-refractivity contribution >= 4 is 17.5 Å². The molecule has 0 aliphatic heterocycles. The molecule has 3 N–H and O–H groups in total. The number of hydrogen-bond acceptors (Lipinski definition) is 4. The van der Waals surface area contributed by atoms with Crippen LogP contribution >= 0.6 is 0 Å². The molecule has 3 aromatic rings. The summed E-state index contributed by atoms with van der Waals surface area (Å²) in [6, 6.07) is 7.88. The molecule has 9 heteroatoms. The smallest absolute Gasteiger partial charge is 0.368 e.